The predicted octanol–water partition coefficient (Wildman–Crippen LogP) is 3.82. The number of rotatable bonds is 3. The van der Waals surface area contributed by atoms with E-state index in [1.165, 1.54) is 0 Å². The summed E-state index contributed by atoms with van der Waals surface area (Å²) in [6, 6.07) is 7.87. The van der Waals surface area contributed by atoms with E-state index in [0.717, 1.165) is 23.7 Å². The highest BCUT2D eigenvalue weighted by atomic mass is 79.9. The van der Waals surface area contributed by atoms with Crippen LogP contribution in [0.25, 0.3) is 0 Å². The fourth-order valence-corrected chi connectivity index (χ4v) is 3.34. The molecule has 2 rings (SSSR count). The van der Waals surface area contributed by atoms with Crippen LogP contribution in [0.2, 0.25) is 0 Å². The van der Waals surface area contributed by atoms with Crippen LogP contribution in [0.4, 0.5) is 0 Å². The normalized spacial score (nSPS) is 27.8. The molecule has 1 N–H and O–H groups in total. The monoisotopic (exact) mass is 323 g/mol. The second-order valence-corrected chi connectivity index (χ2v) is 6.32. The molecule has 3 atom stereocenters. The number of ether oxygens (including phenoxy) is 1. The quantitative estimate of drug-likeness (QED) is 0.919. The van der Waals surface area contributed by atoms with E-state index < -0.39 is 11.5 Å². The number of aliphatic hydroxyl groups excluding tert-OH is 1. The summed E-state index contributed by atoms with van der Waals surface area (Å²) in [5, 5.41) is 20.2. The van der Waals surface area contributed by atoms with Crippen molar-refractivity contribution in [2.75, 3.05) is 7.11 Å². The molecular formula is C15H18BrNO2. The molecule has 4 heteroatoms. The van der Waals surface area contributed by atoms with Crippen molar-refractivity contribution in [2.45, 2.75) is 32.3 Å². The number of benzene rings is 1. The summed E-state index contributed by atoms with van der Waals surface area (Å²) in [7, 11) is 1.58. The third-order valence-corrected chi connectivity index (χ3v) is 4.52. The lowest BCUT2D eigenvalue weighted by molar-refractivity contribution is 0.0624. The topological polar surface area (TPSA) is 53.2 Å². The van der Waals surface area contributed by atoms with Crippen molar-refractivity contribution in [1.82, 2.24) is 0 Å². The number of nitriles is 1. The van der Waals surface area contributed by atoms with Gasteiger partial charge in [0.05, 0.1) is 18.6 Å². The van der Waals surface area contributed by atoms with Gasteiger partial charge in [-0.15, -0.1) is 0 Å². The average molecular weight is 324 g/mol. The van der Waals surface area contributed by atoms with Crippen molar-refractivity contribution in [3.05, 3.63) is 28.2 Å². The van der Waals surface area contributed by atoms with E-state index in [2.05, 4.69) is 28.9 Å². The Morgan fingerprint density at radius 2 is 2.32 bits per heavy atom. The van der Waals surface area contributed by atoms with Crippen LogP contribution >= 0.6 is 15.9 Å². The van der Waals surface area contributed by atoms with Crippen molar-refractivity contribution in [3.8, 4) is 11.8 Å². The van der Waals surface area contributed by atoms with Gasteiger partial charge in [-0.1, -0.05) is 22.9 Å². The SMILES string of the molecule is COc1ccc(Br)cc1C(O)C1(C#N)CCC(C)C1. The first kappa shape index (κ1) is 14.4. The zero-order chi connectivity index (χ0) is 14.0. The number of hydrogen-bond donors (Lipinski definition) is 1. The van der Waals surface area contributed by atoms with E-state index in [1.807, 2.05) is 18.2 Å². The Bertz CT molecular complexity index is 511. The highest BCUT2D eigenvalue weighted by Crippen LogP contribution is 2.51. The maximum absolute atomic E-state index is 10.7. The third-order valence-electron chi connectivity index (χ3n) is 4.03. The van der Waals surface area contributed by atoms with Crippen LogP contribution < -0.4 is 4.74 Å². The molecule has 1 aliphatic carbocycles. The molecule has 0 saturated heterocycles. The van der Waals surface area contributed by atoms with E-state index in [0.29, 0.717) is 17.2 Å². The number of nitrogens with zero attached hydrogens (tertiary/aromatic N) is 1. The van der Waals surface area contributed by atoms with Crippen LogP contribution in [0, 0.1) is 22.7 Å². The molecule has 1 aromatic carbocycles. The number of halogens is 1. The first-order valence-electron chi connectivity index (χ1n) is 6.45. The summed E-state index contributed by atoms with van der Waals surface area (Å²) in [4.78, 5) is 0. The van der Waals surface area contributed by atoms with Crippen LogP contribution in [0.1, 0.15) is 37.9 Å². The minimum atomic E-state index is -0.810. The zero-order valence-corrected chi connectivity index (χ0v) is 12.8. The minimum absolute atomic E-state index is 0.479. The van der Waals surface area contributed by atoms with Crippen molar-refractivity contribution < 1.29 is 9.84 Å². The Hall–Kier alpha value is -1.05. The average Bonchev–Trinajstić information content (AvgIpc) is 2.80. The fourth-order valence-electron chi connectivity index (χ4n) is 2.96. The molecule has 0 heterocycles. The van der Waals surface area contributed by atoms with E-state index in [4.69, 9.17) is 4.74 Å². The largest absolute Gasteiger partial charge is 0.496 e. The van der Waals surface area contributed by atoms with Gasteiger partial charge in [-0.05, 0) is 43.4 Å². The molecule has 3 nitrogen and oxygen atoms in total. The van der Waals surface area contributed by atoms with Crippen LogP contribution in [0.5, 0.6) is 5.75 Å². The highest BCUT2D eigenvalue weighted by molar-refractivity contribution is 9.10. The van der Waals surface area contributed by atoms with Gasteiger partial charge in [-0.25, -0.2) is 0 Å². The molecule has 0 aromatic heterocycles. The second kappa shape index (κ2) is 5.52. The predicted molar refractivity (Wildman–Crippen MR) is 76.7 cm³/mol. The van der Waals surface area contributed by atoms with Gasteiger partial charge >= 0.3 is 0 Å². The summed E-state index contributed by atoms with van der Waals surface area (Å²) < 4.78 is 6.18. The Labute approximate surface area is 122 Å². The maximum Gasteiger partial charge on any atom is 0.124 e. The Balaban J connectivity index is 2.41. The van der Waals surface area contributed by atoms with E-state index in [9.17, 15) is 10.4 Å². The number of hydrogen-bond acceptors (Lipinski definition) is 3. The van der Waals surface area contributed by atoms with Crippen molar-refractivity contribution >= 4 is 15.9 Å². The first-order valence-corrected chi connectivity index (χ1v) is 7.24. The summed E-state index contributed by atoms with van der Waals surface area (Å²) in [5.41, 5.74) is 0.000509. The van der Waals surface area contributed by atoms with Gasteiger partial charge in [-0.2, -0.15) is 5.26 Å². The smallest absolute Gasteiger partial charge is 0.124 e. The molecule has 0 amide bonds. The second-order valence-electron chi connectivity index (χ2n) is 5.40. The number of methoxy groups -OCH3 is 1. The Morgan fingerprint density at radius 3 is 2.84 bits per heavy atom. The minimum Gasteiger partial charge on any atom is -0.496 e. The van der Waals surface area contributed by atoms with Gasteiger partial charge in [-0.3, -0.25) is 0 Å². The molecule has 19 heavy (non-hydrogen) atoms. The summed E-state index contributed by atoms with van der Waals surface area (Å²) in [5.74, 6) is 1.11. The standard InChI is InChI=1S/C15H18BrNO2/c1-10-5-6-15(8-10,9-17)14(18)12-7-11(16)3-4-13(12)19-2/h3-4,7,10,14,18H,5-6,8H2,1-2H3. The lowest BCUT2D eigenvalue weighted by Crippen LogP contribution is -2.25. The maximum atomic E-state index is 10.7. The molecule has 1 aliphatic rings. The lowest BCUT2D eigenvalue weighted by Gasteiger charge is -2.28. The highest BCUT2D eigenvalue weighted by Gasteiger charge is 2.45. The molecule has 0 spiro atoms. The molecule has 1 fully saturated rings. The van der Waals surface area contributed by atoms with Gasteiger partial charge in [0.15, 0.2) is 0 Å². The van der Waals surface area contributed by atoms with Gasteiger partial charge in [0.1, 0.15) is 11.9 Å². The third kappa shape index (κ3) is 2.63. The molecule has 102 valence electrons. The molecule has 0 radical (unpaired) electrons. The van der Waals surface area contributed by atoms with Crippen LogP contribution in [-0.2, 0) is 0 Å². The summed E-state index contributed by atoms with van der Waals surface area (Å²) in [6.07, 6.45) is 1.65. The van der Waals surface area contributed by atoms with Gasteiger partial charge in [0.25, 0.3) is 0 Å². The lowest BCUT2D eigenvalue weighted by atomic mass is 9.78. The molecular weight excluding hydrogens is 306 g/mol. The first-order chi connectivity index (χ1) is 9.02. The fraction of sp³-hybridized carbons (Fsp3) is 0.533. The molecule has 0 aliphatic heterocycles. The van der Waals surface area contributed by atoms with Gasteiger partial charge in [0.2, 0.25) is 0 Å². The van der Waals surface area contributed by atoms with Crippen molar-refractivity contribution in [1.29, 1.82) is 5.26 Å². The van der Waals surface area contributed by atoms with E-state index in [1.54, 1.807) is 7.11 Å². The van der Waals surface area contributed by atoms with Crippen molar-refractivity contribution in [2.24, 2.45) is 11.3 Å². The Kier molecular flexibility index (Phi) is 4.17. The van der Waals surface area contributed by atoms with Crippen LogP contribution in [-0.4, -0.2) is 12.2 Å². The van der Waals surface area contributed by atoms with E-state index in [-0.39, 0.29) is 0 Å². The summed E-state index contributed by atoms with van der Waals surface area (Å²) >= 11 is 3.40. The zero-order valence-electron chi connectivity index (χ0n) is 11.2. The molecule has 1 saturated carbocycles. The van der Waals surface area contributed by atoms with Crippen molar-refractivity contribution in [3.63, 3.8) is 0 Å². The van der Waals surface area contributed by atoms with Gasteiger partial charge < -0.3 is 9.84 Å². The molecule has 0 bridgehead atoms. The molecule has 3 unspecified atom stereocenters. The van der Waals surface area contributed by atoms with Gasteiger partial charge in [0, 0.05) is 10.0 Å². The number of aliphatic hydroxyl groups is 1. The summed E-state index contributed by atoms with van der Waals surface area (Å²) in [6.45, 7) is 2.13. The van der Waals surface area contributed by atoms with Crippen LogP contribution in [0.3, 0.4) is 0 Å². The Morgan fingerprint density at radius 1 is 1.58 bits per heavy atom. The molecule has 1 aromatic rings. The van der Waals surface area contributed by atoms with E-state index >= 15 is 0 Å². The van der Waals surface area contributed by atoms with Crippen LogP contribution in [0.15, 0.2) is 22.7 Å².